The van der Waals surface area contributed by atoms with E-state index in [9.17, 15) is 9.18 Å². The zero-order valence-corrected chi connectivity index (χ0v) is 11.5. The predicted octanol–water partition coefficient (Wildman–Crippen LogP) is 2.32. The lowest BCUT2D eigenvalue weighted by Gasteiger charge is -2.02. The first-order valence-electron chi connectivity index (χ1n) is 6.48. The molecule has 0 amide bonds. The van der Waals surface area contributed by atoms with E-state index in [0.717, 1.165) is 0 Å². The quantitative estimate of drug-likeness (QED) is 0.791. The van der Waals surface area contributed by atoms with Crippen molar-refractivity contribution in [2.24, 2.45) is 0 Å². The van der Waals surface area contributed by atoms with E-state index in [1.54, 1.807) is 31.5 Å². The van der Waals surface area contributed by atoms with Crippen molar-refractivity contribution >= 4 is 5.97 Å². The zero-order chi connectivity index (χ0) is 15.2. The Bertz CT molecular complexity index is 688. The molecule has 5 nitrogen and oxygen atoms in total. The maximum Gasteiger partial charge on any atom is 0.327 e. The van der Waals surface area contributed by atoms with Gasteiger partial charge in [-0.2, -0.15) is 10.4 Å². The number of halogens is 1. The highest BCUT2D eigenvalue weighted by atomic mass is 19.1. The number of benzene rings is 1. The molecule has 0 bridgehead atoms. The van der Waals surface area contributed by atoms with E-state index in [0.29, 0.717) is 23.3 Å². The summed E-state index contributed by atoms with van der Waals surface area (Å²) in [6, 6.07) is 6.58. The van der Waals surface area contributed by atoms with Gasteiger partial charge in [0.2, 0.25) is 0 Å². The summed E-state index contributed by atoms with van der Waals surface area (Å²) in [5.74, 6) is -0.796. The van der Waals surface area contributed by atoms with Gasteiger partial charge in [0.1, 0.15) is 12.4 Å². The largest absolute Gasteiger partial charge is 0.465 e. The Morgan fingerprint density at radius 1 is 1.48 bits per heavy atom. The highest BCUT2D eigenvalue weighted by molar-refractivity contribution is 5.69. The molecule has 6 heteroatoms. The number of hydrogen-bond acceptors (Lipinski definition) is 4. The molecule has 1 aromatic carbocycles. The molecule has 0 N–H and O–H groups in total. The third-order valence-corrected chi connectivity index (χ3v) is 2.89. The summed E-state index contributed by atoms with van der Waals surface area (Å²) < 4.78 is 20.1. The van der Waals surface area contributed by atoms with E-state index < -0.39 is 5.82 Å². The molecule has 0 aliphatic carbocycles. The maximum absolute atomic E-state index is 13.8. The first kappa shape index (κ1) is 14.7. The highest BCUT2D eigenvalue weighted by Crippen LogP contribution is 2.21. The minimum absolute atomic E-state index is 0.0167. The number of nitrogens with zero attached hydrogens (tertiary/aromatic N) is 3. The van der Waals surface area contributed by atoms with Crippen LogP contribution in [-0.2, 0) is 22.5 Å². The van der Waals surface area contributed by atoms with Gasteiger partial charge in [-0.1, -0.05) is 12.1 Å². The molecule has 0 saturated heterocycles. The molecule has 1 aromatic heterocycles. The molecular weight excluding hydrogens is 273 g/mol. The first-order valence-corrected chi connectivity index (χ1v) is 6.48. The molecule has 0 atom stereocenters. The standard InChI is InChI=1S/C15H14FN3O2/c1-2-21-15(20)10-19-9-13(8-18-19)12-4-3-11(5-6-17)14(16)7-12/h3-4,7-9H,2,5,10H2,1H3. The van der Waals surface area contributed by atoms with Gasteiger partial charge in [0.15, 0.2) is 0 Å². The molecule has 0 spiro atoms. The van der Waals surface area contributed by atoms with Crippen molar-refractivity contribution < 1.29 is 13.9 Å². The van der Waals surface area contributed by atoms with Crippen LogP contribution >= 0.6 is 0 Å². The third-order valence-electron chi connectivity index (χ3n) is 2.89. The summed E-state index contributed by atoms with van der Waals surface area (Å²) in [4.78, 5) is 11.4. The summed E-state index contributed by atoms with van der Waals surface area (Å²) in [5, 5.41) is 12.6. The zero-order valence-electron chi connectivity index (χ0n) is 11.5. The van der Waals surface area contributed by atoms with Crippen LogP contribution in [0.2, 0.25) is 0 Å². The number of rotatable bonds is 5. The Labute approximate surface area is 121 Å². The molecule has 0 saturated carbocycles. The monoisotopic (exact) mass is 287 g/mol. The number of carbonyl (C=O) groups is 1. The second kappa shape index (κ2) is 6.66. The van der Waals surface area contributed by atoms with Crippen LogP contribution < -0.4 is 0 Å². The molecule has 108 valence electrons. The van der Waals surface area contributed by atoms with E-state index >= 15 is 0 Å². The van der Waals surface area contributed by atoms with Crippen LogP contribution in [0.4, 0.5) is 4.39 Å². The van der Waals surface area contributed by atoms with E-state index in [1.807, 2.05) is 6.07 Å². The fourth-order valence-corrected chi connectivity index (χ4v) is 1.89. The SMILES string of the molecule is CCOC(=O)Cn1cc(-c2ccc(CC#N)c(F)c2)cn1. The molecule has 2 aromatic rings. The lowest BCUT2D eigenvalue weighted by Crippen LogP contribution is -2.13. The number of esters is 1. The lowest BCUT2D eigenvalue weighted by molar-refractivity contribution is -0.144. The van der Waals surface area contributed by atoms with Gasteiger partial charge in [-0.05, 0) is 18.6 Å². The fraction of sp³-hybridized carbons (Fsp3) is 0.267. The minimum Gasteiger partial charge on any atom is -0.465 e. The second-order valence-corrected chi connectivity index (χ2v) is 4.37. The average Bonchev–Trinajstić information content (AvgIpc) is 2.90. The van der Waals surface area contributed by atoms with E-state index in [4.69, 9.17) is 10.00 Å². The lowest BCUT2D eigenvalue weighted by atomic mass is 10.1. The van der Waals surface area contributed by atoms with Gasteiger partial charge < -0.3 is 4.74 Å². The smallest absolute Gasteiger partial charge is 0.327 e. The normalized spacial score (nSPS) is 10.1. The fourth-order valence-electron chi connectivity index (χ4n) is 1.89. The van der Waals surface area contributed by atoms with Crippen molar-refractivity contribution in [2.45, 2.75) is 19.9 Å². The Balaban J connectivity index is 2.16. The summed E-state index contributed by atoms with van der Waals surface area (Å²) >= 11 is 0. The second-order valence-electron chi connectivity index (χ2n) is 4.37. The van der Waals surface area contributed by atoms with E-state index in [-0.39, 0.29) is 18.9 Å². The Hall–Kier alpha value is -2.68. The first-order chi connectivity index (χ1) is 10.1. The number of ether oxygens (including phenoxy) is 1. The van der Waals surface area contributed by atoms with Crippen LogP contribution in [0.1, 0.15) is 12.5 Å². The number of aromatic nitrogens is 2. The summed E-state index contributed by atoms with van der Waals surface area (Å²) in [6.07, 6.45) is 3.24. The van der Waals surface area contributed by atoms with Crippen LogP contribution in [-0.4, -0.2) is 22.4 Å². The molecule has 1 heterocycles. The van der Waals surface area contributed by atoms with Crippen molar-refractivity contribution in [3.05, 3.63) is 42.0 Å². The van der Waals surface area contributed by atoms with Crippen molar-refractivity contribution in [2.75, 3.05) is 6.61 Å². The molecule has 0 aliphatic heterocycles. The summed E-state index contributed by atoms with van der Waals surface area (Å²) in [6.45, 7) is 2.07. The molecule has 0 radical (unpaired) electrons. The molecular formula is C15H14FN3O2. The van der Waals surface area contributed by atoms with Crippen molar-refractivity contribution in [1.29, 1.82) is 5.26 Å². The molecule has 0 aliphatic rings. The van der Waals surface area contributed by atoms with Gasteiger partial charge in [-0.3, -0.25) is 9.48 Å². The van der Waals surface area contributed by atoms with E-state index in [1.165, 1.54) is 10.7 Å². The van der Waals surface area contributed by atoms with Gasteiger partial charge in [-0.15, -0.1) is 0 Å². The van der Waals surface area contributed by atoms with Crippen LogP contribution in [0.15, 0.2) is 30.6 Å². The van der Waals surface area contributed by atoms with Crippen LogP contribution in [0, 0.1) is 17.1 Å². The Kier molecular flexibility index (Phi) is 4.67. The van der Waals surface area contributed by atoms with Crippen LogP contribution in [0.3, 0.4) is 0 Å². The van der Waals surface area contributed by atoms with Gasteiger partial charge in [0.25, 0.3) is 0 Å². The Morgan fingerprint density at radius 2 is 2.29 bits per heavy atom. The Morgan fingerprint density at radius 3 is 2.95 bits per heavy atom. The van der Waals surface area contributed by atoms with Crippen molar-refractivity contribution in [3.63, 3.8) is 0 Å². The van der Waals surface area contributed by atoms with Gasteiger partial charge in [-0.25, -0.2) is 4.39 Å². The molecule has 2 rings (SSSR count). The topological polar surface area (TPSA) is 67.9 Å². The number of carbonyl (C=O) groups excluding carboxylic acids is 1. The summed E-state index contributed by atoms with van der Waals surface area (Å²) in [7, 11) is 0. The number of hydrogen-bond donors (Lipinski definition) is 0. The van der Waals surface area contributed by atoms with Crippen molar-refractivity contribution in [1.82, 2.24) is 9.78 Å². The molecule has 0 unspecified atom stereocenters. The van der Waals surface area contributed by atoms with Gasteiger partial charge in [0.05, 0.1) is 25.3 Å². The van der Waals surface area contributed by atoms with Gasteiger partial charge >= 0.3 is 5.97 Å². The van der Waals surface area contributed by atoms with Crippen LogP contribution in [0.25, 0.3) is 11.1 Å². The highest BCUT2D eigenvalue weighted by Gasteiger charge is 2.09. The van der Waals surface area contributed by atoms with E-state index in [2.05, 4.69) is 5.10 Å². The third kappa shape index (κ3) is 3.66. The minimum atomic E-state index is -0.424. The summed E-state index contributed by atoms with van der Waals surface area (Å²) in [5.41, 5.74) is 1.70. The van der Waals surface area contributed by atoms with Crippen molar-refractivity contribution in [3.8, 4) is 17.2 Å². The molecule has 0 fully saturated rings. The average molecular weight is 287 g/mol. The maximum atomic E-state index is 13.8. The molecule has 21 heavy (non-hydrogen) atoms. The van der Waals surface area contributed by atoms with Crippen LogP contribution in [0.5, 0.6) is 0 Å². The van der Waals surface area contributed by atoms with Gasteiger partial charge in [0, 0.05) is 17.3 Å². The number of nitriles is 1. The predicted molar refractivity (Wildman–Crippen MR) is 73.6 cm³/mol.